The monoisotopic (exact) mass is 189 g/mol. The summed E-state index contributed by atoms with van der Waals surface area (Å²) in [5.74, 6) is 0.273. The van der Waals surface area contributed by atoms with Gasteiger partial charge in [-0.2, -0.15) is 0 Å². The van der Waals surface area contributed by atoms with Gasteiger partial charge >= 0.3 is 0 Å². The normalized spacial score (nSPS) is 8.92. The molecule has 0 atom stereocenters. The van der Waals surface area contributed by atoms with E-state index in [9.17, 15) is 4.79 Å². The van der Waals surface area contributed by atoms with Crippen LogP contribution in [0.1, 0.15) is 33.6 Å². The topological polar surface area (TPSA) is 38.3 Å². The molecule has 0 fully saturated rings. The van der Waals surface area contributed by atoms with Gasteiger partial charge < -0.3 is 10.1 Å². The highest BCUT2D eigenvalue weighted by Gasteiger charge is 1.96. The van der Waals surface area contributed by atoms with E-state index in [1.807, 2.05) is 27.8 Å². The second-order valence-electron chi connectivity index (χ2n) is 2.36. The third-order valence-electron chi connectivity index (χ3n) is 1.42. The van der Waals surface area contributed by atoms with E-state index in [0.29, 0.717) is 26.1 Å². The molecule has 0 amide bonds. The van der Waals surface area contributed by atoms with E-state index < -0.39 is 0 Å². The first kappa shape index (κ1) is 15.1. The molecule has 0 heterocycles. The maximum Gasteiger partial charge on any atom is 0.134 e. The molecule has 0 aliphatic heterocycles. The molecular weight excluding hydrogens is 166 g/mol. The minimum Gasteiger partial charge on any atom is -0.380 e. The van der Waals surface area contributed by atoms with E-state index in [0.717, 1.165) is 6.54 Å². The van der Waals surface area contributed by atoms with E-state index >= 15 is 0 Å². The Balaban J connectivity index is 0. The van der Waals surface area contributed by atoms with Crippen molar-refractivity contribution < 1.29 is 9.53 Å². The standard InChI is InChI=1S/C8H17NO2.C2H6/c1-3-8(10)4-6-11-7-5-9-2;1-2/h9H,3-7H2,1-2H3;1-2H3. The van der Waals surface area contributed by atoms with Crippen molar-refractivity contribution in [3.8, 4) is 0 Å². The van der Waals surface area contributed by atoms with E-state index in [1.54, 1.807) is 0 Å². The van der Waals surface area contributed by atoms with Gasteiger partial charge in [-0.3, -0.25) is 4.79 Å². The minimum absolute atomic E-state index is 0.273. The Hall–Kier alpha value is -0.410. The molecule has 0 aromatic rings. The van der Waals surface area contributed by atoms with Crippen LogP contribution in [0.3, 0.4) is 0 Å². The number of carbonyl (C=O) groups is 1. The zero-order chi connectivity index (χ0) is 10.5. The quantitative estimate of drug-likeness (QED) is 0.618. The molecule has 0 aromatic carbocycles. The molecule has 1 N–H and O–H groups in total. The number of hydrogen-bond acceptors (Lipinski definition) is 3. The highest BCUT2D eigenvalue weighted by atomic mass is 16.5. The number of ether oxygens (including phenoxy) is 1. The van der Waals surface area contributed by atoms with Crippen LogP contribution in [-0.2, 0) is 9.53 Å². The zero-order valence-corrected chi connectivity index (χ0v) is 9.35. The van der Waals surface area contributed by atoms with Crippen molar-refractivity contribution in [3.05, 3.63) is 0 Å². The van der Waals surface area contributed by atoms with E-state index in [1.165, 1.54) is 0 Å². The van der Waals surface area contributed by atoms with Crippen molar-refractivity contribution in [1.82, 2.24) is 5.32 Å². The van der Waals surface area contributed by atoms with Crippen LogP contribution in [0.15, 0.2) is 0 Å². The van der Waals surface area contributed by atoms with Gasteiger partial charge in [0.25, 0.3) is 0 Å². The molecule has 0 radical (unpaired) electrons. The second-order valence-corrected chi connectivity index (χ2v) is 2.36. The van der Waals surface area contributed by atoms with Gasteiger partial charge in [0.05, 0.1) is 13.2 Å². The van der Waals surface area contributed by atoms with Gasteiger partial charge in [0.15, 0.2) is 0 Å². The summed E-state index contributed by atoms with van der Waals surface area (Å²) in [6.07, 6.45) is 1.18. The van der Waals surface area contributed by atoms with Crippen molar-refractivity contribution in [2.75, 3.05) is 26.8 Å². The average Bonchev–Trinajstić information content (AvgIpc) is 2.20. The summed E-state index contributed by atoms with van der Waals surface area (Å²) in [6.45, 7) is 7.97. The van der Waals surface area contributed by atoms with Crippen LogP contribution in [0.2, 0.25) is 0 Å². The Morgan fingerprint density at radius 1 is 1.31 bits per heavy atom. The number of nitrogens with one attached hydrogen (secondary N) is 1. The zero-order valence-electron chi connectivity index (χ0n) is 9.35. The van der Waals surface area contributed by atoms with E-state index in [4.69, 9.17) is 4.74 Å². The Morgan fingerprint density at radius 2 is 1.92 bits per heavy atom. The Morgan fingerprint density at radius 3 is 2.38 bits per heavy atom. The maximum atomic E-state index is 10.7. The molecule has 13 heavy (non-hydrogen) atoms. The summed E-state index contributed by atoms with van der Waals surface area (Å²) in [4.78, 5) is 10.7. The molecule has 0 bridgehead atoms. The van der Waals surface area contributed by atoms with Gasteiger partial charge in [-0.25, -0.2) is 0 Å². The van der Waals surface area contributed by atoms with Gasteiger partial charge in [0, 0.05) is 19.4 Å². The van der Waals surface area contributed by atoms with Crippen LogP contribution in [0.4, 0.5) is 0 Å². The molecule has 0 aliphatic carbocycles. The molecular formula is C10H23NO2. The summed E-state index contributed by atoms with van der Waals surface area (Å²) in [5, 5.41) is 2.96. The van der Waals surface area contributed by atoms with Crippen molar-refractivity contribution in [2.24, 2.45) is 0 Å². The largest absolute Gasteiger partial charge is 0.380 e. The van der Waals surface area contributed by atoms with Gasteiger partial charge in [0.2, 0.25) is 0 Å². The van der Waals surface area contributed by atoms with Crippen LogP contribution < -0.4 is 5.32 Å². The number of ketones is 1. The molecule has 0 rings (SSSR count). The fourth-order valence-electron chi connectivity index (χ4n) is 0.639. The van der Waals surface area contributed by atoms with Crippen molar-refractivity contribution in [1.29, 1.82) is 0 Å². The highest BCUT2D eigenvalue weighted by molar-refractivity contribution is 5.78. The third-order valence-corrected chi connectivity index (χ3v) is 1.42. The lowest BCUT2D eigenvalue weighted by Gasteiger charge is -2.01. The Labute approximate surface area is 81.9 Å². The fourth-order valence-corrected chi connectivity index (χ4v) is 0.639. The molecule has 0 aromatic heterocycles. The van der Waals surface area contributed by atoms with Crippen molar-refractivity contribution in [3.63, 3.8) is 0 Å². The lowest BCUT2D eigenvalue weighted by atomic mass is 10.2. The maximum absolute atomic E-state index is 10.7. The average molecular weight is 189 g/mol. The molecule has 3 nitrogen and oxygen atoms in total. The number of carbonyl (C=O) groups excluding carboxylic acids is 1. The van der Waals surface area contributed by atoms with Gasteiger partial charge in [-0.05, 0) is 7.05 Å². The number of hydrogen-bond donors (Lipinski definition) is 1. The summed E-state index contributed by atoms with van der Waals surface area (Å²) in [5.41, 5.74) is 0. The summed E-state index contributed by atoms with van der Waals surface area (Å²) < 4.78 is 5.16. The summed E-state index contributed by atoms with van der Waals surface area (Å²) in [7, 11) is 1.88. The minimum atomic E-state index is 0.273. The lowest BCUT2D eigenvalue weighted by Crippen LogP contribution is -2.15. The number of likely N-dealkylation sites (N-methyl/N-ethyl adjacent to an activating group) is 1. The number of Topliss-reactive ketones (excluding diaryl/α,β-unsaturated/α-hetero) is 1. The van der Waals surface area contributed by atoms with Gasteiger partial charge in [-0.1, -0.05) is 20.8 Å². The fraction of sp³-hybridized carbons (Fsp3) is 0.900. The predicted octanol–water partition coefficient (Wildman–Crippen LogP) is 1.62. The Bertz CT molecular complexity index is 105. The molecule has 0 unspecified atom stereocenters. The van der Waals surface area contributed by atoms with E-state index in [-0.39, 0.29) is 5.78 Å². The summed E-state index contributed by atoms with van der Waals surface area (Å²) >= 11 is 0. The van der Waals surface area contributed by atoms with Gasteiger partial charge in [0.1, 0.15) is 5.78 Å². The molecule has 0 spiro atoms. The summed E-state index contributed by atoms with van der Waals surface area (Å²) in [6, 6.07) is 0. The van der Waals surface area contributed by atoms with Crippen LogP contribution in [0.25, 0.3) is 0 Å². The molecule has 0 saturated heterocycles. The van der Waals surface area contributed by atoms with Crippen LogP contribution in [0.5, 0.6) is 0 Å². The van der Waals surface area contributed by atoms with Crippen molar-refractivity contribution >= 4 is 5.78 Å². The SMILES string of the molecule is CC.CCC(=O)CCOCCNC. The van der Waals surface area contributed by atoms with Crippen molar-refractivity contribution in [2.45, 2.75) is 33.6 Å². The lowest BCUT2D eigenvalue weighted by molar-refractivity contribution is -0.119. The first-order valence-electron chi connectivity index (χ1n) is 5.05. The highest BCUT2D eigenvalue weighted by Crippen LogP contribution is 1.88. The third kappa shape index (κ3) is 14.4. The van der Waals surface area contributed by atoms with Crippen LogP contribution in [-0.4, -0.2) is 32.6 Å². The molecule has 0 aliphatic rings. The molecule has 0 saturated carbocycles. The smallest absolute Gasteiger partial charge is 0.134 e. The van der Waals surface area contributed by atoms with Crippen LogP contribution >= 0.6 is 0 Å². The second kappa shape index (κ2) is 14.1. The number of rotatable bonds is 7. The predicted molar refractivity (Wildman–Crippen MR) is 56.0 cm³/mol. The molecule has 80 valence electrons. The van der Waals surface area contributed by atoms with Crippen LogP contribution in [0, 0.1) is 0 Å². The first-order valence-corrected chi connectivity index (χ1v) is 5.05. The van der Waals surface area contributed by atoms with Gasteiger partial charge in [-0.15, -0.1) is 0 Å². The van der Waals surface area contributed by atoms with E-state index in [2.05, 4.69) is 5.32 Å². The first-order chi connectivity index (χ1) is 6.31. The molecule has 3 heteroatoms. The Kier molecular flexibility index (Phi) is 16.4.